The standard InChI is InChI=1S/C16H22F2N2O3/c1-2-22-13-9-11(5-6-12(13)23-15(17)18)10-20-14(21)16(19)7-3-4-8-16/h5-6,9,15H,2-4,7-8,10,19H2,1H3,(H,20,21). The first-order chi connectivity index (χ1) is 10.9. The number of ether oxygens (including phenoxy) is 2. The van der Waals surface area contributed by atoms with Crippen LogP contribution in [0.4, 0.5) is 8.78 Å². The van der Waals surface area contributed by atoms with Crippen molar-refractivity contribution in [2.45, 2.75) is 51.3 Å². The third-order valence-corrected chi connectivity index (χ3v) is 3.93. The molecule has 1 aromatic rings. The fraction of sp³-hybridized carbons (Fsp3) is 0.562. The van der Waals surface area contributed by atoms with Crippen LogP contribution in [0.15, 0.2) is 18.2 Å². The maximum atomic E-state index is 12.4. The van der Waals surface area contributed by atoms with Crippen LogP contribution >= 0.6 is 0 Å². The number of nitrogens with two attached hydrogens (primary N) is 1. The number of rotatable bonds is 7. The monoisotopic (exact) mass is 328 g/mol. The molecule has 23 heavy (non-hydrogen) atoms. The lowest BCUT2D eigenvalue weighted by atomic mass is 9.98. The molecule has 0 bridgehead atoms. The van der Waals surface area contributed by atoms with Crippen LogP contribution in [-0.2, 0) is 11.3 Å². The number of nitrogens with one attached hydrogen (secondary N) is 1. The molecule has 1 fully saturated rings. The van der Waals surface area contributed by atoms with Crippen molar-refractivity contribution in [3.8, 4) is 11.5 Å². The van der Waals surface area contributed by atoms with Crippen LogP contribution in [0, 0.1) is 0 Å². The average molecular weight is 328 g/mol. The SMILES string of the molecule is CCOc1cc(CNC(=O)C2(N)CCCC2)ccc1OC(F)F. The van der Waals surface area contributed by atoms with Gasteiger partial charge in [-0.2, -0.15) is 8.78 Å². The summed E-state index contributed by atoms with van der Waals surface area (Å²) in [7, 11) is 0. The molecule has 0 heterocycles. The Morgan fingerprint density at radius 3 is 2.65 bits per heavy atom. The molecule has 0 aromatic heterocycles. The third kappa shape index (κ3) is 4.54. The highest BCUT2D eigenvalue weighted by atomic mass is 19.3. The quantitative estimate of drug-likeness (QED) is 0.807. The van der Waals surface area contributed by atoms with Crippen molar-refractivity contribution < 1.29 is 23.0 Å². The van der Waals surface area contributed by atoms with E-state index >= 15 is 0 Å². The highest BCUT2D eigenvalue weighted by molar-refractivity contribution is 5.86. The molecule has 0 atom stereocenters. The van der Waals surface area contributed by atoms with E-state index in [1.54, 1.807) is 19.1 Å². The third-order valence-electron chi connectivity index (χ3n) is 3.93. The van der Waals surface area contributed by atoms with Gasteiger partial charge in [0.05, 0.1) is 12.1 Å². The number of benzene rings is 1. The molecule has 0 aliphatic heterocycles. The first-order valence-corrected chi connectivity index (χ1v) is 7.72. The van der Waals surface area contributed by atoms with Gasteiger partial charge in [-0.05, 0) is 37.5 Å². The Morgan fingerprint density at radius 2 is 2.04 bits per heavy atom. The number of hydrogen-bond acceptors (Lipinski definition) is 4. The number of amides is 1. The predicted molar refractivity (Wildman–Crippen MR) is 81.5 cm³/mol. The molecule has 2 rings (SSSR count). The maximum Gasteiger partial charge on any atom is 0.387 e. The molecule has 1 aliphatic rings. The van der Waals surface area contributed by atoms with Gasteiger partial charge in [0.25, 0.3) is 0 Å². The zero-order valence-electron chi connectivity index (χ0n) is 13.1. The van der Waals surface area contributed by atoms with E-state index in [-0.39, 0.29) is 24.0 Å². The first-order valence-electron chi connectivity index (χ1n) is 7.72. The van der Waals surface area contributed by atoms with Crippen molar-refractivity contribution in [3.63, 3.8) is 0 Å². The van der Waals surface area contributed by atoms with Crippen molar-refractivity contribution >= 4 is 5.91 Å². The van der Waals surface area contributed by atoms with Gasteiger partial charge in [0.2, 0.25) is 5.91 Å². The van der Waals surface area contributed by atoms with Gasteiger partial charge in [-0.25, -0.2) is 0 Å². The Bertz CT molecular complexity index is 546. The largest absolute Gasteiger partial charge is 0.490 e. The topological polar surface area (TPSA) is 73.6 Å². The minimum absolute atomic E-state index is 0.0250. The number of alkyl halides is 2. The summed E-state index contributed by atoms with van der Waals surface area (Å²) in [5.74, 6) is 0.0201. The normalized spacial score (nSPS) is 16.4. The van der Waals surface area contributed by atoms with Crippen LogP contribution in [0.1, 0.15) is 38.2 Å². The summed E-state index contributed by atoms with van der Waals surface area (Å²) < 4.78 is 34.4. The molecule has 1 amide bonds. The van der Waals surface area contributed by atoms with Gasteiger partial charge in [0.1, 0.15) is 0 Å². The minimum atomic E-state index is -2.92. The molecule has 0 radical (unpaired) electrons. The lowest BCUT2D eigenvalue weighted by Gasteiger charge is -2.22. The van der Waals surface area contributed by atoms with Gasteiger partial charge in [-0.15, -0.1) is 0 Å². The summed E-state index contributed by atoms with van der Waals surface area (Å²) >= 11 is 0. The molecular weight excluding hydrogens is 306 g/mol. The van der Waals surface area contributed by atoms with Crippen LogP contribution in [0.3, 0.4) is 0 Å². The van der Waals surface area contributed by atoms with Gasteiger partial charge in [-0.1, -0.05) is 18.9 Å². The lowest BCUT2D eigenvalue weighted by molar-refractivity contribution is -0.126. The molecule has 3 N–H and O–H groups in total. The minimum Gasteiger partial charge on any atom is -0.490 e. The van der Waals surface area contributed by atoms with Gasteiger partial charge in [0.15, 0.2) is 11.5 Å². The van der Waals surface area contributed by atoms with Gasteiger partial charge >= 0.3 is 6.61 Å². The lowest BCUT2D eigenvalue weighted by Crippen LogP contribution is -2.51. The highest BCUT2D eigenvalue weighted by Gasteiger charge is 2.36. The van der Waals surface area contributed by atoms with Crippen molar-refractivity contribution in [1.29, 1.82) is 0 Å². The smallest absolute Gasteiger partial charge is 0.387 e. The van der Waals surface area contributed by atoms with E-state index in [0.29, 0.717) is 19.4 Å². The second kappa shape index (κ2) is 7.59. The maximum absolute atomic E-state index is 12.4. The first kappa shape index (κ1) is 17.5. The molecule has 0 spiro atoms. The molecule has 128 valence electrons. The summed E-state index contributed by atoms with van der Waals surface area (Å²) in [5, 5.41) is 2.80. The Balaban J connectivity index is 2.02. The van der Waals surface area contributed by atoms with E-state index in [4.69, 9.17) is 10.5 Å². The van der Waals surface area contributed by atoms with E-state index in [9.17, 15) is 13.6 Å². The second-order valence-corrected chi connectivity index (χ2v) is 5.64. The molecule has 0 saturated heterocycles. The number of halogens is 2. The van der Waals surface area contributed by atoms with Crippen LogP contribution in [-0.4, -0.2) is 24.7 Å². The fourth-order valence-corrected chi connectivity index (χ4v) is 2.72. The average Bonchev–Trinajstić information content (AvgIpc) is 2.95. The summed E-state index contributed by atoms with van der Waals surface area (Å²) in [6.07, 6.45) is 3.28. The van der Waals surface area contributed by atoms with E-state index in [0.717, 1.165) is 18.4 Å². The van der Waals surface area contributed by atoms with E-state index in [2.05, 4.69) is 10.1 Å². The zero-order valence-corrected chi connectivity index (χ0v) is 13.1. The zero-order chi connectivity index (χ0) is 16.9. The fourth-order valence-electron chi connectivity index (χ4n) is 2.72. The Hall–Kier alpha value is -1.89. The van der Waals surface area contributed by atoms with Crippen molar-refractivity contribution in [3.05, 3.63) is 23.8 Å². The molecular formula is C16H22F2N2O3. The van der Waals surface area contributed by atoms with Crippen molar-refractivity contribution in [1.82, 2.24) is 5.32 Å². The molecule has 1 saturated carbocycles. The molecule has 7 heteroatoms. The summed E-state index contributed by atoms with van der Waals surface area (Å²) in [6, 6.07) is 4.60. The highest BCUT2D eigenvalue weighted by Crippen LogP contribution is 2.30. The van der Waals surface area contributed by atoms with Crippen LogP contribution in [0.25, 0.3) is 0 Å². The van der Waals surface area contributed by atoms with E-state index in [1.165, 1.54) is 6.07 Å². The molecule has 0 unspecified atom stereocenters. The van der Waals surface area contributed by atoms with Gasteiger partial charge in [0, 0.05) is 6.54 Å². The molecule has 1 aromatic carbocycles. The van der Waals surface area contributed by atoms with Gasteiger partial charge < -0.3 is 20.5 Å². The molecule has 5 nitrogen and oxygen atoms in total. The summed E-state index contributed by atoms with van der Waals surface area (Å²) in [5.41, 5.74) is 6.02. The van der Waals surface area contributed by atoms with Gasteiger partial charge in [-0.3, -0.25) is 4.79 Å². The number of hydrogen-bond donors (Lipinski definition) is 2. The van der Waals surface area contributed by atoms with E-state index < -0.39 is 12.2 Å². The van der Waals surface area contributed by atoms with Crippen molar-refractivity contribution in [2.24, 2.45) is 5.73 Å². The molecule has 1 aliphatic carbocycles. The predicted octanol–water partition coefficient (Wildman–Crippen LogP) is 2.57. The number of carbonyl (C=O) groups is 1. The van der Waals surface area contributed by atoms with Crippen LogP contribution in [0.2, 0.25) is 0 Å². The summed E-state index contributed by atoms with van der Waals surface area (Å²) in [6.45, 7) is -0.591. The number of carbonyl (C=O) groups excluding carboxylic acids is 1. The van der Waals surface area contributed by atoms with Crippen LogP contribution < -0.4 is 20.5 Å². The Morgan fingerprint density at radius 1 is 1.35 bits per heavy atom. The van der Waals surface area contributed by atoms with Crippen LogP contribution in [0.5, 0.6) is 11.5 Å². The summed E-state index contributed by atoms with van der Waals surface area (Å²) in [4.78, 5) is 12.2. The Kier molecular flexibility index (Phi) is 5.76. The Labute approximate surface area is 134 Å². The second-order valence-electron chi connectivity index (χ2n) is 5.64. The van der Waals surface area contributed by atoms with E-state index in [1.807, 2.05) is 0 Å². The van der Waals surface area contributed by atoms with Crippen molar-refractivity contribution in [2.75, 3.05) is 6.61 Å².